The van der Waals surface area contributed by atoms with Gasteiger partial charge in [0.2, 0.25) is 0 Å². The topological polar surface area (TPSA) is 33.1 Å². The minimum absolute atomic E-state index is 0. The molecule has 1 atom stereocenters. The van der Waals surface area contributed by atoms with Crippen LogP contribution in [-0.4, -0.2) is 10.1 Å². The highest BCUT2D eigenvalue weighted by molar-refractivity contribution is 9.10. The van der Waals surface area contributed by atoms with Crippen LogP contribution < -0.4 is 0 Å². The third kappa shape index (κ3) is 3.18. The Bertz CT molecular complexity index is 212. The summed E-state index contributed by atoms with van der Waals surface area (Å²) in [6.45, 7) is 1.71. The van der Waals surface area contributed by atoms with E-state index in [9.17, 15) is 0 Å². The molecular formula is C7H9BrClNO. The molecule has 0 aliphatic rings. The molecule has 1 rings (SSSR count). The van der Waals surface area contributed by atoms with Crippen LogP contribution in [0.3, 0.4) is 0 Å². The molecule has 1 aromatic heterocycles. The maximum Gasteiger partial charge on any atom is 0.106 e. The first kappa shape index (κ1) is 10.9. The molecule has 0 spiro atoms. The summed E-state index contributed by atoms with van der Waals surface area (Å²) in [5, 5.41) is 9.06. The molecule has 2 nitrogen and oxygen atoms in total. The lowest BCUT2D eigenvalue weighted by Gasteiger charge is -2.01. The van der Waals surface area contributed by atoms with E-state index in [-0.39, 0.29) is 12.4 Å². The number of hydrogen-bond donors (Lipinski definition) is 1. The van der Waals surface area contributed by atoms with Crippen LogP contribution in [0.2, 0.25) is 0 Å². The van der Waals surface area contributed by atoms with Gasteiger partial charge in [-0.2, -0.15) is 0 Å². The summed E-state index contributed by atoms with van der Waals surface area (Å²) in [4.78, 5) is 3.96. The number of aliphatic hydroxyl groups is 1. The summed E-state index contributed by atoms with van der Waals surface area (Å²) in [7, 11) is 0. The molecule has 1 aromatic rings. The maximum absolute atomic E-state index is 9.06. The van der Waals surface area contributed by atoms with Gasteiger partial charge in [-0.15, -0.1) is 12.4 Å². The van der Waals surface area contributed by atoms with Crippen LogP contribution in [-0.2, 0) is 0 Å². The molecule has 62 valence electrons. The van der Waals surface area contributed by atoms with Crippen LogP contribution in [0.1, 0.15) is 18.6 Å². The molecule has 0 aliphatic heterocycles. The van der Waals surface area contributed by atoms with Crippen LogP contribution in [0.4, 0.5) is 0 Å². The number of aromatic nitrogens is 1. The van der Waals surface area contributed by atoms with Crippen LogP contribution in [0.25, 0.3) is 0 Å². The Balaban J connectivity index is 0.000001000. The van der Waals surface area contributed by atoms with E-state index in [1.54, 1.807) is 13.1 Å². The summed E-state index contributed by atoms with van der Waals surface area (Å²) in [5.74, 6) is 0. The first-order valence-corrected chi connectivity index (χ1v) is 3.79. The standard InChI is InChI=1S/C7H8BrNO.ClH/c1-5(10)6-2-3-7(8)9-4-6;/h2-5,10H,1H3;1H/t5-;/m1./s1. The Morgan fingerprint density at radius 2 is 2.18 bits per heavy atom. The fourth-order valence-corrected chi connectivity index (χ4v) is 0.869. The van der Waals surface area contributed by atoms with Crippen molar-refractivity contribution in [3.05, 3.63) is 28.5 Å². The Morgan fingerprint density at radius 1 is 1.55 bits per heavy atom. The van der Waals surface area contributed by atoms with Gasteiger partial charge in [0.25, 0.3) is 0 Å². The lowest BCUT2D eigenvalue weighted by Crippen LogP contribution is -1.90. The summed E-state index contributed by atoms with van der Waals surface area (Å²) in [5.41, 5.74) is 0.836. The zero-order chi connectivity index (χ0) is 7.56. The Kier molecular flexibility index (Phi) is 4.65. The van der Waals surface area contributed by atoms with Gasteiger partial charge in [0, 0.05) is 6.20 Å². The highest BCUT2D eigenvalue weighted by Gasteiger charge is 1.98. The van der Waals surface area contributed by atoms with Crippen LogP contribution in [0.5, 0.6) is 0 Å². The molecule has 0 aliphatic carbocycles. The van der Waals surface area contributed by atoms with Crippen molar-refractivity contribution in [2.45, 2.75) is 13.0 Å². The number of nitrogens with zero attached hydrogens (tertiary/aromatic N) is 1. The molecule has 0 amide bonds. The third-order valence-electron chi connectivity index (χ3n) is 1.23. The van der Waals surface area contributed by atoms with E-state index < -0.39 is 6.10 Å². The molecule has 0 bridgehead atoms. The van der Waals surface area contributed by atoms with E-state index >= 15 is 0 Å². The molecule has 0 saturated heterocycles. The van der Waals surface area contributed by atoms with Crippen molar-refractivity contribution in [1.29, 1.82) is 0 Å². The van der Waals surface area contributed by atoms with Gasteiger partial charge in [-0.05, 0) is 34.5 Å². The largest absolute Gasteiger partial charge is 0.389 e. The van der Waals surface area contributed by atoms with E-state index in [4.69, 9.17) is 5.11 Å². The smallest absolute Gasteiger partial charge is 0.106 e. The number of halogens is 2. The Morgan fingerprint density at radius 3 is 2.55 bits per heavy atom. The Labute approximate surface area is 80.2 Å². The second-order valence-corrected chi connectivity index (χ2v) is 2.90. The van der Waals surface area contributed by atoms with Gasteiger partial charge in [0.15, 0.2) is 0 Å². The summed E-state index contributed by atoms with van der Waals surface area (Å²) < 4.78 is 0.789. The number of rotatable bonds is 1. The van der Waals surface area contributed by atoms with Crippen LogP contribution in [0.15, 0.2) is 22.9 Å². The molecule has 1 N–H and O–H groups in total. The van der Waals surface area contributed by atoms with E-state index in [1.807, 2.05) is 12.1 Å². The summed E-state index contributed by atoms with van der Waals surface area (Å²) >= 11 is 3.20. The normalized spacial score (nSPS) is 11.9. The molecule has 4 heteroatoms. The lowest BCUT2D eigenvalue weighted by molar-refractivity contribution is 0.199. The molecule has 1 heterocycles. The van der Waals surface area contributed by atoms with Gasteiger partial charge in [0.1, 0.15) is 4.60 Å². The average Bonchev–Trinajstić information content (AvgIpc) is 1.88. The third-order valence-corrected chi connectivity index (χ3v) is 1.70. The fourth-order valence-electron chi connectivity index (χ4n) is 0.634. The number of hydrogen-bond acceptors (Lipinski definition) is 2. The first-order chi connectivity index (χ1) is 4.70. The van der Waals surface area contributed by atoms with Crippen molar-refractivity contribution < 1.29 is 5.11 Å². The predicted molar refractivity (Wildman–Crippen MR) is 49.8 cm³/mol. The van der Waals surface area contributed by atoms with Gasteiger partial charge in [-0.25, -0.2) is 4.98 Å². The summed E-state index contributed by atoms with van der Waals surface area (Å²) in [6.07, 6.45) is 1.22. The molecule has 0 aromatic carbocycles. The molecule has 11 heavy (non-hydrogen) atoms. The van der Waals surface area contributed by atoms with Gasteiger partial charge in [-0.3, -0.25) is 0 Å². The minimum Gasteiger partial charge on any atom is -0.389 e. The molecule has 0 fully saturated rings. The van der Waals surface area contributed by atoms with Gasteiger partial charge in [0.05, 0.1) is 6.10 Å². The van der Waals surface area contributed by atoms with Crippen LogP contribution in [0, 0.1) is 0 Å². The number of aliphatic hydroxyl groups excluding tert-OH is 1. The molecular weight excluding hydrogens is 229 g/mol. The minimum atomic E-state index is -0.430. The lowest BCUT2D eigenvalue weighted by atomic mass is 10.2. The van der Waals surface area contributed by atoms with E-state index in [0.717, 1.165) is 10.2 Å². The average molecular weight is 239 g/mol. The zero-order valence-corrected chi connectivity index (χ0v) is 8.39. The first-order valence-electron chi connectivity index (χ1n) is 2.99. The molecule has 0 radical (unpaired) electrons. The zero-order valence-electron chi connectivity index (χ0n) is 5.99. The van der Waals surface area contributed by atoms with Crippen LogP contribution >= 0.6 is 28.3 Å². The predicted octanol–water partition coefficient (Wildman–Crippen LogP) is 2.32. The quantitative estimate of drug-likeness (QED) is 0.762. The summed E-state index contributed by atoms with van der Waals surface area (Å²) in [6, 6.07) is 3.64. The highest BCUT2D eigenvalue weighted by Crippen LogP contribution is 2.12. The molecule has 0 unspecified atom stereocenters. The van der Waals surface area contributed by atoms with Gasteiger partial charge < -0.3 is 5.11 Å². The van der Waals surface area contributed by atoms with E-state index in [1.165, 1.54) is 0 Å². The Hall–Kier alpha value is -0.120. The second-order valence-electron chi connectivity index (χ2n) is 2.09. The van der Waals surface area contributed by atoms with Crippen molar-refractivity contribution in [3.63, 3.8) is 0 Å². The SMILES string of the molecule is C[C@@H](O)c1ccc(Br)nc1.Cl. The van der Waals surface area contributed by atoms with E-state index in [2.05, 4.69) is 20.9 Å². The monoisotopic (exact) mass is 237 g/mol. The fraction of sp³-hybridized carbons (Fsp3) is 0.286. The van der Waals surface area contributed by atoms with Gasteiger partial charge >= 0.3 is 0 Å². The van der Waals surface area contributed by atoms with Crippen molar-refractivity contribution in [2.75, 3.05) is 0 Å². The maximum atomic E-state index is 9.06. The van der Waals surface area contributed by atoms with E-state index in [0.29, 0.717) is 0 Å². The van der Waals surface area contributed by atoms with Crippen molar-refractivity contribution in [2.24, 2.45) is 0 Å². The van der Waals surface area contributed by atoms with Crippen molar-refractivity contribution >= 4 is 28.3 Å². The highest BCUT2D eigenvalue weighted by atomic mass is 79.9. The van der Waals surface area contributed by atoms with Gasteiger partial charge in [-0.1, -0.05) is 6.07 Å². The second kappa shape index (κ2) is 4.70. The number of pyridine rings is 1. The molecule has 0 saturated carbocycles. The van der Waals surface area contributed by atoms with Crippen molar-refractivity contribution in [3.8, 4) is 0 Å². The van der Waals surface area contributed by atoms with Crippen molar-refractivity contribution in [1.82, 2.24) is 4.98 Å².